The van der Waals surface area contributed by atoms with E-state index in [2.05, 4.69) is 0 Å². The first-order chi connectivity index (χ1) is 3.73. The van der Waals surface area contributed by atoms with Crippen molar-refractivity contribution in [1.29, 1.82) is 0 Å². The van der Waals surface area contributed by atoms with Crippen molar-refractivity contribution in [3.8, 4) is 0 Å². The molecule has 0 unspecified atom stereocenters. The third-order valence-corrected chi connectivity index (χ3v) is 0. The molecular weight excluding hydrogens is 285 g/mol. The van der Waals surface area contributed by atoms with Crippen molar-refractivity contribution in [2.24, 2.45) is 0 Å². The molecule has 0 amide bonds. The Bertz CT molecular complexity index is 132. The molecule has 0 aromatic carbocycles. The molecule has 0 aromatic heterocycles. The number of hydrogen-bond donors (Lipinski definition) is 2. The van der Waals surface area contributed by atoms with Gasteiger partial charge in [0, 0.05) is 0 Å². The van der Waals surface area contributed by atoms with Gasteiger partial charge < -0.3 is 0 Å². The van der Waals surface area contributed by atoms with Crippen LogP contribution in [0.2, 0.25) is 0 Å². The molecule has 0 atom stereocenters. The van der Waals surface area contributed by atoms with Crippen LogP contribution in [0, 0.1) is 0 Å². The molecule has 0 radical (unpaired) electrons. The first-order valence-electron chi connectivity index (χ1n) is 1.10. The average Bonchev–Trinajstić information content (AvgIpc) is 1.19. The maximum absolute atomic E-state index is 8.74. The van der Waals surface area contributed by atoms with Gasteiger partial charge in [-0.15, -0.1) is 0 Å². The second kappa shape index (κ2) is 8.88. The topological polar surface area (TPSA) is 74.6 Å². The number of hydrogen-bond acceptors (Lipinski definition) is 2. The van der Waals surface area contributed by atoms with Crippen LogP contribution in [0.5, 0.6) is 0 Å². The van der Waals surface area contributed by atoms with Crippen LogP contribution in [0.15, 0.2) is 0 Å². The van der Waals surface area contributed by atoms with Crippen molar-refractivity contribution in [3.05, 3.63) is 0 Å². The summed E-state index contributed by atoms with van der Waals surface area (Å²) >= 11 is -1.33. The van der Waals surface area contributed by atoms with E-state index in [9.17, 15) is 0 Å². The van der Waals surface area contributed by atoms with E-state index in [4.69, 9.17) is 47.8 Å². The Labute approximate surface area is 86.1 Å². The number of rotatable bonds is 0. The van der Waals surface area contributed by atoms with Gasteiger partial charge in [0.05, 0.1) is 0 Å². The van der Waals surface area contributed by atoms with Gasteiger partial charge in [-0.3, -0.25) is 9.11 Å². The van der Waals surface area contributed by atoms with Crippen molar-refractivity contribution in [1.82, 2.24) is 0 Å². The molecule has 0 spiro atoms. The normalized spacial score (nSPS) is 10.3. The summed E-state index contributed by atoms with van der Waals surface area (Å²) in [6.45, 7) is 0. The molecule has 10 heteroatoms. The zero-order valence-corrected chi connectivity index (χ0v) is 7.80. The predicted octanol–water partition coefficient (Wildman–Crippen LogP) is 0.229. The number of halogens is 3. The Kier molecular flexibility index (Phi) is 15.8. The van der Waals surface area contributed by atoms with Crippen LogP contribution < -0.4 is 0 Å². The zero-order valence-electron chi connectivity index (χ0n) is 3.61. The van der Waals surface area contributed by atoms with Gasteiger partial charge in [0.15, 0.2) is 17.4 Å². The molecule has 67 valence electrons. The van der Waals surface area contributed by atoms with Crippen LogP contribution in [0.1, 0.15) is 0 Å². The van der Waals surface area contributed by atoms with Crippen molar-refractivity contribution in [3.63, 3.8) is 0 Å². The van der Waals surface area contributed by atoms with Gasteiger partial charge in [-0.2, -0.15) is 8.42 Å². The van der Waals surface area contributed by atoms with Gasteiger partial charge in [0.2, 0.25) is 0 Å². The Morgan fingerprint density at radius 3 is 1.10 bits per heavy atom. The minimum atomic E-state index is -4.67. The molecule has 0 heterocycles. The van der Waals surface area contributed by atoms with E-state index in [1.54, 1.807) is 0 Å². The van der Waals surface area contributed by atoms with Crippen LogP contribution in [0.25, 0.3) is 0 Å². The summed E-state index contributed by atoms with van der Waals surface area (Å²) in [6, 6.07) is 0. The van der Waals surface area contributed by atoms with Gasteiger partial charge >= 0.3 is 51.9 Å². The molecule has 0 saturated heterocycles. The Morgan fingerprint density at radius 1 is 1.10 bits per heavy atom. The minimum absolute atomic E-state index is 0. The van der Waals surface area contributed by atoms with Crippen molar-refractivity contribution in [2.45, 2.75) is 0 Å². The summed E-state index contributed by atoms with van der Waals surface area (Å²) in [5.41, 5.74) is 0. The summed E-state index contributed by atoms with van der Waals surface area (Å²) in [5, 5.41) is 0. The predicted molar refractivity (Wildman–Crippen MR) is 41.7 cm³/mol. The molecule has 0 aliphatic carbocycles. The fraction of sp³-hybridized carbons (Fsp3) is 0. The van der Waals surface area contributed by atoms with Gasteiger partial charge in [-0.1, -0.05) is 0 Å². The van der Waals surface area contributed by atoms with Crippen LogP contribution in [0.3, 0.4) is 0 Å². The third kappa shape index (κ3) is 236. The van der Waals surface area contributed by atoms with Gasteiger partial charge in [0.25, 0.3) is 0 Å². The Morgan fingerprint density at radius 2 is 1.10 bits per heavy atom. The summed E-state index contributed by atoms with van der Waals surface area (Å²) in [5.74, 6) is 0. The molecule has 0 saturated carbocycles. The molecule has 10 heavy (non-hydrogen) atoms. The second-order valence-corrected chi connectivity index (χ2v) is 6.97. The van der Waals surface area contributed by atoms with E-state index in [1.165, 1.54) is 0 Å². The Balaban J connectivity index is -0.0000000910. The summed E-state index contributed by atoms with van der Waals surface area (Å²) in [4.78, 5) is 0. The quantitative estimate of drug-likeness (QED) is 0.495. The maximum atomic E-state index is 8.74. The summed E-state index contributed by atoms with van der Waals surface area (Å²) in [7, 11) is 10.0. The van der Waals surface area contributed by atoms with Crippen molar-refractivity contribution in [2.75, 3.05) is 0 Å². The molecule has 2 N–H and O–H groups in total. The van der Waals surface area contributed by atoms with Crippen LogP contribution in [0.4, 0.5) is 0 Å². The molecule has 0 aromatic rings. The molecule has 0 bridgehead atoms. The van der Waals surface area contributed by atoms with Crippen LogP contribution in [-0.4, -0.2) is 34.9 Å². The van der Waals surface area contributed by atoms with Crippen LogP contribution in [-0.2, 0) is 21.6 Å². The molecule has 0 aliphatic rings. The molecular formula is H5AlCl3FeO4S. The van der Waals surface area contributed by atoms with E-state index >= 15 is 0 Å². The van der Waals surface area contributed by atoms with Gasteiger partial charge in [0.1, 0.15) is 0 Å². The first kappa shape index (κ1) is 17.8. The summed E-state index contributed by atoms with van der Waals surface area (Å²) < 4.78 is 31.6. The zero-order chi connectivity index (χ0) is 8.08. The SMILES string of the molecule is O=S(=O)(O)O.[AlH3].[Cl][Fe]([Cl])[Cl]. The third-order valence-electron chi connectivity index (χ3n) is 0. The molecule has 0 rings (SSSR count). The van der Waals surface area contributed by atoms with Crippen molar-refractivity contribution < 1.29 is 28.7 Å². The van der Waals surface area contributed by atoms with Gasteiger partial charge in [-0.25, -0.2) is 0 Å². The molecule has 0 fully saturated rings. The summed E-state index contributed by atoms with van der Waals surface area (Å²) in [6.07, 6.45) is 0. The van der Waals surface area contributed by atoms with E-state index in [1.807, 2.05) is 0 Å². The monoisotopic (exact) mass is 289 g/mol. The van der Waals surface area contributed by atoms with E-state index < -0.39 is 21.6 Å². The molecule has 4 nitrogen and oxygen atoms in total. The van der Waals surface area contributed by atoms with E-state index in [0.29, 0.717) is 0 Å². The fourth-order valence-corrected chi connectivity index (χ4v) is 0. The van der Waals surface area contributed by atoms with Gasteiger partial charge in [-0.05, 0) is 0 Å². The standard InChI is InChI=1S/Al.3ClH.Fe.H2O4S.3H/c;;;;;1-5(2,3)4;;;/h;3*1H;;(H2,1,2,3,4);;;/q;;;;+3;;;;/p-3. The van der Waals surface area contributed by atoms with E-state index in [-0.39, 0.29) is 17.4 Å². The molecule has 0 aliphatic heterocycles. The Hall–Kier alpha value is 1.79. The van der Waals surface area contributed by atoms with Crippen molar-refractivity contribution >= 4 is 58.1 Å². The second-order valence-electron chi connectivity index (χ2n) is 0.599. The van der Waals surface area contributed by atoms with E-state index in [0.717, 1.165) is 0 Å². The van der Waals surface area contributed by atoms with Crippen LogP contribution >= 0.6 is 30.3 Å². The first-order valence-corrected chi connectivity index (χ1v) is 7.05. The average molecular weight is 290 g/mol. The fourth-order valence-electron chi connectivity index (χ4n) is 0.